The molecule has 0 atom stereocenters. The monoisotopic (exact) mass is 178 g/mol. The van der Waals surface area contributed by atoms with Gasteiger partial charge >= 0.3 is 40.0 Å². The van der Waals surface area contributed by atoms with Gasteiger partial charge < -0.3 is 0 Å². The van der Waals surface area contributed by atoms with Gasteiger partial charge in [-0.2, -0.15) is 8.42 Å². The standard InChI is InChI=1S/C4H10O4S.Na.H/c1-3-7-9(5,6)8-4-2;;/h3-4H2,1-2H3;;. The molecule has 0 N–H and O–H groups in total. The van der Waals surface area contributed by atoms with Crippen molar-refractivity contribution in [3.05, 3.63) is 0 Å². The van der Waals surface area contributed by atoms with Crippen LogP contribution in [0.1, 0.15) is 13.8 Å². The SMILES string of the molecule is CCOS(=O)(=O)OCC.[NaH]. The number of hydrogen-bond donors (Lipinski definition) is 0. The molecule has 0 aliphatic rings. The summed E-state index contributed by atoms with van der Waals surface area (Å²) in [5.41, 5.74) is 0. The van der Waals surface area contributed by atoms with Crippen LogP contribution in [-0.4, -0.2) is 51.2 Å². The van der Waals surface area contributed by atoms with E-state index < -0.39 is 10.4 Å². The first-order valence-electron chi connectivity index (χ1n) is 2.66. The molecule has 0 fully saturated rings. The van der Waals surface area contributed by atoms with Gasteiger partial charge in [-0.15, -0.1) is 0 Å². The van der Waals surface area contributed by atoms with E-state index in [-0.39, 0.29) is 42.8 Å². The van der Waals surface area contributed by atoms with Gasteiger partial charge in [-0.3, -0.25) is 0 Å². The summed E-state index contributed by atoms with van der Waals surface area (Å²) in [4.78, 5) is 0. The van der Waals surface area contributed by atoms with Gasteiger partial charge in [0.15, 0.2) is 0 Å². The zero-order valence-corrected chi connectivity index (χ0v) is 6.27. The molecular weight excluding hydrogens is 167 g/mol. The first kappa shape index (κ1) is 13.5. The van der Waals surface area contributed by atoms with E-state index in [2.05, 4.69) is 8.37 Å². The summed E-state index contributed by atoms with van der Waals surface area (Å²) in [6.45, 7) is 3.39. The van der Waals surface area contributed by atoms with Crippen molar-refractivity contribution in [1.29, 1.82) is 0 Å². The van der Waals surface area contributed by atoms with Crippen molar-refractivity contribution in [2.24, 2.45) is 0 Å². The molecule has 0 aliphatic heterocycles. The Kier molecular flexibility index (Phi) is 8.85. The van der Waals surface area contributed by atoms with Gasteiger partial charge in [-0.05, 0) is 13.8 Å². The van der Waals surface area contributed by atoms with E-state index in [0.717, 1.165) is 0 Å². The van der Waals surface area contributed by atoms with E-state index in [1.807, 2.05) is 0 Å². The minimum absolute atomic E-state index is 0. The van der Waals surface area contributed by atoms with Crippen LogP contribution in [0.3, 0.4) is 0 Å². The summed E-state index contributed by atoms with van der Waals surface area (Å²) >= 11 is 0. The Morgan fingerprint density at radius 1 is 1.10 bits per heavy atom. The van der Waals surface area contributed by atoms with E-state index in [4.69, 9.17) is 0 Å². The Morgan fingerprint density at radius 2 is 1.40 bits per heavy atom. The molecule has 0 saturated heterocycles. The maximum atomic E-state index is 10.4. The van der Waals surface area contributed by atoms with Crippen LogP contribution in [0.15, 0.2) is 0 Å². The predicted molar refractivity (Wildman–Crippen MR) is 39.3 cm³/mol. The molecule has 58 valence electrons. The Hall–Kier alpha value is 0.870. The van der Waals surface area contributed by atoms with Crippen molar-refractivity contribution >= 4 is 40.0 Å². The fraction of sp³-hybridized carbons (Fsp3) is 1.00. The molecule has 0 aromatic carbocycles. The van der Waals surface area contributed by atoms with E-state index in [1.54, 1.807) is 13.8 Å². The van der Waals surface area contributed by atoms with Crippen LogP contribution in [-0.2, 0) is 18.8 Å². The van der Waals surface area contributed by atoms with Crippen molar-refractivity contribution in [1.82, 2.24) is 0 Å². The minimum atomic E-state index is -3.68. The molecule has 0 amide bonds. The Morgan fingerprint density at radius 3 is 1.60 bits per heavy atom. The molecule has 0 aromatic heterocycles. The van der Waals surface area contributed by atoms with Gasteiger partial charge in [0.25, 0.3) is 0 Å². The van der Waals surface area contributed by atoms with Crippen LogP contribution < -0.4 is 0 Å². The summed E-state index contributed by atoms with van der Waals surface area (Å²) in [6.07, 6.45) is 0. The van der Waals surface area contributed by atoms with Crippen LogP contribution in [0.2, 0.25) is 0 Å². The molecule has 0 spiro atoms. The van der Waals surface area contributed by atoms with Crippen LogP contribution in [0.4, 0.5) is 0 Å². The summed E-state index contributed by atoms with van der Waals surface area (Å²) in [5.74, 6) is 0. The Balaban J connectivity index is 0. The molecule has 0 aromatic rings. The summed E-state index contributed by atoms with van der Waals surface area (Å²) in [5, 5.41) is 0. The molecule has 0 aliphatic carbocycles. The third-order valence-corrected chi connectivity index (χ3v) is 1.57. The zero-order valence-electron chi connectivity index (χ0n) is 5.46. The summed E-state index contributed by atoms with van der Waals surface area (Å²) in [6, 6.07) is 0. The van der Waals surface area contributed by atoms with Crippen LogP contribution in [0.25, 0.3) is 0 Å². The second-order valence-corrected chi connectivity index (χ2v) is 2.51. The van der Waals surface area contributed by atoms with Gasteiger partial charge in [0.2, 0.25) is 0 Å². The number of rotatable bonds is 4. The predicted octanol–water partition coefficient (Wildman–Crippen LogP) is -0.344. The third-order valence-electron chi connectivity index (χ3n) is 0.524. The van der Waals surface area contributed by atoms with Crippen molar-refractivity contribution in [2.75, 3.05) is 13.2 Å². The molecule has 0 rings (SSSR count). The maximum absolute atomic E-state index is 10.4. The fourth-order valence-electron chi connectivity index (χ4n) is 0.323. The van der Waals surface area contributed by atoms with Gasteiger partial charge in [0.05, 0.1) is 13.2 Å². The Labute approximate surface area is 83.5 Å². The molecule has 0 bridgehead atoms. The molecule has 0 heterocycles. The summed E-state index contributed by atoms with van der Waals surface area (Å²) < 4.78 is 29.2. The van der Waals surface area contributed by atoms with Gasteiger partial charge in [0, 0.05) is 0 Å². The van der Waals surface area contributed by atoms with Crippen LogP contribution in [0, 0.1) is 0 Å². The average Bonchev–Trinajstić information content (AvgIpc) is 1.64. The Bertz CT molecular complexity index is 141. The number of hydrogen-bond acceptors (Lipinski definition) is 4. The van der Waals surface area contributed by atoms with Crippen LogP contribution >= 0.6 is 0 Å². The third kappa shape index (κ3) is 6.98. The summed E-state index contributed by atoms with van der Waals surface area (Å²) in [7, 11) is -3.68. The van der Waals surface area contributed by atoms with Gasteiger partial charge in [0.1, 0.15) is 0 Å². The normalized spacial score (nSPS) is 10.6. The van der Waals surface area contributed by atoms with Crippen molar-refractivity contribution in [2.45, 2.75) is 13.8 Å². The molecule has 0 radical (unpaired) electrons. The molecular formula is C4H11NaO4S. The van der Waals surface area contributed by atoms with Crippen molar-refractivity contribution < 1.29 is 16.8 Å². The van der Waals surface area contributed by atoms with E-state index >= 15 is 0 Å². The fourth-order valence-corrected chi connectivity index (χ4v) is 0.968. The van der Waals surface area contributed by atoms with Gasteiger partial charge in [-0.25, -0.2) is 8.37 Å². The van der Waals surface area contributed by atoms with Crippen molar-refractivity contribution in [3.63, 3.8) is 0 Å². The first-order valence-corrected chi connectivity index (χ1v) is 3.99. The van der Waals surface area contributed by atoms with Gasteiger partial charge in [-0.1, -0.05) is 0 Å². The van der Waals surface area contributed by atoms with Crippen molar-refractivity contribution in [3.8, 4) is 0 Å². The zero-order chi connectivity index (χ0) is 7.33. The van der Waals surface area contributed by atoms with E-state index in [1.165, 1.54) is 0 Å². The molecule has 6 heteroatoms. The second-order valence-electron chi connectivity index (χ2n) is 1.22. The molecule has 0 unspecified atom stereocenters. The molecule has 10 heavy (non-hydrogen) atoms. The molecule has 4 nitrogen and oxygen atoms in total. The van der Waals surface area contributed by atoms with E-state index in [9.17, 15) is 8.42 Å². The first-order chi connectivity index (χ1) is 4.12. The quantitative estimate of drug-likeness (QED) is 0.552. The topological polar surface area (TPSA) is 52.6 Å². The molecule has 0 saturated carbocycles. The van der Waals surface area contributed by atoms with Crippen LogP contribution in [0.5, 0.6) is 0 Å². The van der Waals surface area contributed by atoms with E-state index in [0.29, 0.717) is 0 Å². The average molecular weight is 178 g/mol. The second kappa shape index (κ2) is 6.57.